The molecule has 0 fully saturated rings. The van der Waals surface area contributed by atoms with E-state index in [-0.39, 0.29) is 11.7 Å². The van der Waals surface area contributed by atoms with E-state index in [4.69, 9.17) is 4.74 Å². The molecule has 0 radical (unpaired) electrons. The zero-order chi connectivity index (χ0) is 16.5. The van der Waals surface area contributed by atoms with Crippen molar-refractivity contribution in [3.8, 4) is 0 Å². The van der Waals surface area contributed by atoms with E-state index in [0.29, 0.717) is 11.2 Å². The zero-order valence-corrected chi connectivity index (χ0v) is 13.5. The number of carbonyl (C=O) groups excluding carboxylic acids is 1. The number of hydrazine groups is 1. The second-order valence-electron chi connectivity index (χ2n) is 6.35. The first-order chi connectivity index (χ1) is 10.2. The topological polar surface area (TPSA) is 88.2 Å². The van der Waals surface area contributed by atoms with Crippen molar-refractivity contribution >= 4 is 22.8 Å². The van der Waals surface area contributed by atoms with Gasteiger partial charge in [-0.3, -0.25) is 9.99 Å². The number of carbonyl (C=O) groups is 1. The van der Waals surface area contributed by atoms with E-state index in [0.717, 1.165) is 5.52 Å². The number of nitrogens with zero attached hydrogens (tertiary/aromatic N) is 1. The lowest BCUT2D eigenvalue weighted by atomic mass is 10.2. The Labute approximate surface area is 128 Å². The smallest absolute Gasteiger partial charge is 0.426 e. The molecule has 1 heterocycles. The number of amides is 1. The molecule has 0 aliphatic rings. The lowest BCUT2D eigenvalue weighted by Gasteiger charge is -2.20. The Morgan fingerprint density at radius 1 is 1.32 bits per heavy atom. The minimum absolute atomic E-state index is 0.0373. The molecule has 0 saturated heterocycles. The lowest BCUT2D eigenvalue weighted by Crippen LogP contribution is -2.35. The van der Waals surface area contributed by atoms with Gasteiger partial charge >= 0.3 is 11.8 Å². The summed E-state index contributed by atoms with van der Waals surface area (Å²) >= 11 is 0. The third-order valence-electron chi connectivity index (χ3n) is 2.97. The SMILES string of the molecule is CC(C)n1c(=O)[nH]c2c(NNC(=O)OC(C)(C)C)cccc21. The van der Waals surface area contributed by atoms with Gasteiger partial charge < -0.3 is 9.72 Å². The van der Waals surface area contributed by atoms with Gasteiger partial charge in [-0.25, -0.2) is 15.0 Å². The number of rotatable bonds is 3. The fourth-order valence-corrected chi connectivity index (χ4v) is 2.19. The van der Waals surface area contributed by atoms with Crippen LogP contribution < -0.4 is 16.5 Å². The van der Waals surface area contributed by atoms with Crippen LogP contribution >= 0.6 is 0 Å². The number of para-hydroxylation sites is 1. The fourth-order valence-electron chi connectivity index (χ4n) is 2.19. The van der Waals surface area contributed by atoms with Gasteiger partial charge in [0.1, 0.15) is 5.60 Å². The minimum atomic E-state index is -0.588. The summed E-state index contributed by atoms with van der Waals surface area (Å²) in [7, 11) is 0. The molecule has 0 atom stereocenters. The van der Waals surface area contributed by atoms with Crippen LogP contribution in [0.5, 0.6) is 0 Å². The summed E-state index contributed by atoms with van der Waals surface area (Å²) in [5.74, 6) is 0. The molecule has 1 aromatic heterocycles. The van der Waals surface area contributed by atoms with Gasteiger partial charge in [0, 0.05) is 6.04 Å². The number of benzene rings is 1. The molecule has 0 bridgehead atoms. The highest BCUT2D eigenvalue weighted by Gasteiger charge is 2.17. The summed E-state index contributed by atoms with van der Waals surface area (Å²) in [5.41, 5.74) is 6.49. The average molecular weight is 306 g/mol. The first-order valence-corrected chi connectivity index (χ1v) is 7.17. The number of aromatic amines is 1. The van der Waals surface area contributed by atoms with E-state index in [9.17, 15) is 9.59 Å². The van der Waals surface area contributed by atoms with Crippen molar-refractivity contribution in [3.05, 3.63) is 28.7 Å². The van der Waals surface area contributed by atoms with E-state index in [1.807, 2.05) is 26.0 Å². The molecule has 22 heavy (non-hydrogen) atoms. The lowest BCUT2D eigenvalue weighted by molar-refractivity contribution is 0.0541. The van der Waals surface area contributed by atoms with Crippen LogP contribution in [0.25, 0.3) is 11.0 Å². The second-order valence-corrected chi connectivity index (χ2v) is 6.35. The first kappa shape index (κ1) is 15.9. The van der Waals surface area contributed by atoms with Gasteiger partial charge in [0.2, 0.25) is 0 Å². The number of anilines is 1. The highest BCUT2D eigenvalue weighted by molar-refractivity contribution is 5.89. The molecule has 120 valence electrons. The number of aromatic nitrogens is 2. The van der Waals surface area contributed by atoms with E-state index >= 15 is 0 Å². The number of fused-ring (bicyclic) bond motifs is 1. The van der Waals surface area contributed by atoms with E-state index < -0.39 is 11.7 Å². The number of H-pyrrole nitrogens is 1. The van der Waals surface area contributed by atoms with Crippen LogP contribution in [0.1, 0.15) is 40.7 Å². The molecule has 0 spiro atoms. The summed E-state index contributed by atoms with van der Waals surface area (Å²) in [6.45, 7) is 9.23. The zero-order valence-electron chi connectivity index (χ0n) is 13.5. The van der Waals surface area contributed by atoms with Crippen LogP contribution in [-0.4, -0.2) is 21.2 Å². The number of hydrogen-bond donors (Lipinski definition) is 3. The third kappa shape index (κ3) is 3.41. The van der Waals surface area contributed by atoms with E-state index in [2.05, 4.69) is 15.8 Å². The molecular weight excluding hydrogens is 284 g/mol. The van der Waals surface area contributed by atoms with Gasteiger partial charge in [0.05, 0.1) is 16.7 Å². The highest BCUT2D eigenvalue weighted by atomic mass is 16.6. The summed E-state index contributed by atoms with van der Waals surface area (Å²) in [6, 6.07) is 5.47. The normalized spacial score (nSPS) is 11.7. The van der Waals surface area contributed by atoms with Gasteiger partial charge in [-0.15, -0.1) is 0 Å². The Kier molecular flexibility index (Phi) is 4.16. The second kappa shape index (κ2) is 5.75. The van der Waals surface area contributed by atoms with Gasteiger partial charge in [-0.2, -0.15) is 0 Å². The average Bonchev–Trinajstić information content (AvgIpc) is 2.70. The summed E-state index contributed by atoms with van der Waals surface area (Å²) in [5, 5.41) is 0. The molecule has 0 aliphatic heterocycles. The molecule has 1 aromatic carbocycles. The highest BCUT2D eigenvalue weighted by Crippen LogP contribution is 2.21. The maximum Gasteiger partial charge on any atom is 0.426 e. The number of hydrogen-bond acceptors (Lipinski definition) is 4. The molecule has 3 N–H and O–H groups in total. The van der Waals surface area contributed by atoms with Crippen LogP contribution in [0.3, 0.4) is 0 Å². The standard InChI is InChI=1S/C15H22N4O3/c1-9(2)19-11-8-6-7-10(12(11)16-13(19)20)17-18-14(21)22-15(3,4)5/h6-9,17H,1-5H3,(H,16,20)(H,18,21). The predicted molar refractivity (Wildman–Crippen MR) is 85.9 cm³/mol. The molecule has 1 amide bonds. The maximum atomic E-state index is 12.0. The van der Waals surface area contributed by atoms with Crippen molar-refractivity contribution in [2.45, 2.75) is 46.3 Å². The van der Waals surface area contributed by atoms with Crippen molar-refractivity contribution in [1.29, 1.82) is 0 Å². The molecule has 7 nitrogen and oxygen atoms in total. The monoisotopic (exact) mass is 306 g/mol. The molecule has 2 aromatic rings. The Balaban J connectivity index is 2.24. The number of ether oxygens (including phenoxy) is 1. The quantitative estimate of drug-likeness (QED) is 0.761. The summed E-state index contributed by atoms with van der Waals surface area (Å²) < 4.78 is 6.81. The molecule has 0 saturated carbocycles. The largest absolute Gasteiger partial charge is 0.443 e. The minimum Gasteiger partial charge on any atom is -0.443 e. The summed E-state index contributed by atoms with van der Waals surface area (Å²) in [6.07, 6.45) is -0.588. The first-order valence-electron chi connectivity index (χ1n) is 7.17. The maximum absolute atomic E-state index is 12.0. The Hall–Kier alpha value is -2.44. The molecule has 2 rings (SSSR count). The number of imidazole rings is 1. The molecular formula is C15H22N4O3. The van der Waals surface area contributed by atoms with Crippen LogP contribution in [0, 0.1) is 0 Å². The van der Waals surface area contributed by atoms with Crippen LogP contribution in [0.15, 0.2) is 23.0 Å². The van der Waals surface area contributed by atoms with Gasteiger partial charge in [-0.1, -0.05) is 6.07 Å². The predicted octanol–water partition coefficient (Wildman–Crippen LogP) is 2.76. The molecule has 0 aliphatic carbocycles. The third-order valence-corrected chi connectivity index (χ3v) is 2.97. The van der Waals surface area contributed by atoms with Crippen LogP contribution in [0.4, 0.5) is 10.5 Å². The van der Waals surface area contributed by atoms with Crippen molar-refractivity contribution in [3.63, 3.8) is 0 Å². The fraction of sp³-hybridized carbons (Fsp3) is 0.467. The van der Waals surface area contributed by atoms with Crippen molar-refractivity contribution in [2.75, 3.05) is 5.43 Å². The van der Waals surface area contributed by atoms with Gasteiger partial charge in [0.15, 0.2) is 0 Å². The summed E-state index contributed by atoms with van der Waals surface area (Å²) in [4.78, 5) is 26.5. The van der Waals surface area contributed by atoms with Crippen LogP contribution in [-0.2, 0) is 4.74 Å². The molecule has 7 heteroatoms. The van der Waals surface area contributed by atoms with Crippen LogP contribution in [0.2, 0.25) is 0 Å². The van der Waals surface area contributed by atoms with E-state index in [1.54, 1.807) is 31.4 Å². The van der Waals surface area contributed by atoms with Crippen molar-refractivity contribution in [1.82, 2.24) is 15.0 Å². The Morgan fingerprint density at radius 3 is 2.59 bits per heavy atom. The van der Waals surface area contributed by atoms with Crippen molar-refractivity contribution < 1.29 is 9.53 Å². The van der Waals surface area contributed by atoms with Crippen molar-refractivity contribution in [2.24, 2.45) is 0 Å². The number of nitrogens with one attached hydrogen (secondary N) is 3. The van der Waals surface area contributed by atoms with Gasteiger partial charge in [-0.05, 0) is 46.8 Å². The van der Waals surface area contributed by atoms with E-state index in [1.165, 1.54) is 0 Å². The molecule has 0 unspecified atom stereocenters. The van der Waals surface area contributed by atoms with Gasteiger partial charge in [0.25, 0.3) is 0 Å². The Bertz CT molecular complexity index is 737. The Morgan fingerprint density at radius 2 is 2.00 bits per heavy atom.